The first-order chi connectivity index (χ1) is 17.5. The Kier molecular flexibility index (Phi) is 7.82. The summed E-state index contributed by atoms with van der Waals surface area (Å²) in [6.07, 6.45) is 3.37. The lowest BCUT2D eigenvalue weighted by Crippen LogP contribution is -2.32. The zero-order chi connectivity index (χ0) is 26.9. The molecule has 0 amide bonds. The van der Waals surface area contributed by atoms with Crippen molar-refractivity contribution in [2.24, 2.45) is 5.41 Å². The van der Waals surface area contributed by atoms with Gasteiger partial charge in [-0.3, -0.25) is 24.3 Å². The molecule has 7 nitrogen and oxygen atoms in total. The molecule has 0 bridgehead atoms. The number of nitrogens with zero attached hydrogens (tertiary/aromatic N) is 2. The van der Waals surface area contributed by atoms with E-state index in [2.05, 4.69) is 15.9 Å². The van der Waals surface area contributed by atoms with E-state index in [1.807, 2.05) is 50.4 Å². The topological polar surface area (TPSA) is 91.4 Å². The highest BCUT2D eigenvalue weighted by molar-refractivity contribution is 9.10. The van der Waals surface area contributed by atoms with Crippen molar-refractivity contribution in [2.45, 2.75) is 34.2 Å². The number of carbonyl (C=O) groups is 1. The molecule has 0 spiro atoms. The summed E-state index contributed by atoms with van der Waals surface area (Å²) < 4.78 is 10.1. The Bertz CT molecular complexity index is 1690. The number of rotatable bonds is 7. The van der Waals surface area contributed by atoms with Crippen LogP contribution in [0.1, 0.15) is 38.8 Å². The van der Waals surface area contributed by atoms with Gasteiger partial charge in [0.15, 0.2) is 11.5 Å². The number of thiazole rings is 1. The van der Waals surface area contributed by atoms with Crippen molar-refractivity contribution in [3.05, 3.63) is 87.0 Å². The van der Waals surface area contributed by atoms with E-state index in [0.29, 0.717) is 14.8 Å². The first kappa shape index (κ1) is 27.0. The second-order valence-corrected chi connectivity index (χ2v) is 12.2. The van der Waals surface area contributed by atoms with Gasteiger partial charge < -0.3 is 4.74 Å². The summed E-state index contributed by atoms with van der Waals surface area (Å²) >= 11 is 6.42. The second-order valence-electron chi connectivity index (χ2n) is 9.40. The predicted molar refractivity (Wildman–Crippen MR) is 153 cm³/mol. The van der Waals surface area contributed by atoms with Gasteiger partial charge in [-0.1, -0.05) is 39.0 Å². The van der Waals surface area contributed by atoms with Gasteiger partial charge >= 0.3 is 5.69 Å². The summed E-state index contributed by atoms with van der Waals surface area (Å²) in [6, 6.07) is 10.5. The number of ether oxygens (including phenoxy) is 1. The van der Waals surface area contributed by atoms with Crippen molar-refractivity contribution < 1.29 is 14.5 Å². The molecule has 0 unspecified atom stereocenters. The van der Waals surface area contributed by atoms with E-state index in [1.54, 1.807) is 35.0 Å². The fourth-order valence-electron chi connectivity index (χ4n) is 3.68. The number of carbonyl (C=O) groups excluding carboxylic acids is 1. The summed E-state index contributed by atoms with van der Waals surface area (Å²) in [7, 11) is 0. The lowest BCUT2D eigenvalue weighted by atomic mass is 9.91. The average Bonchev–Trinajstić information content (AvgIpc) is 3.36. The van der Waals surface area contributed by atoms with Gasteiger partial charge in [-0.2, -0.15) is 0 Å². The highest BCUT2D eigenvalue weighted by Crippen LogP contribution is 2.32. The number of halogens is 1. The number of ketones is 1. The van der Waals surface area contributed by atoms with E-state index in [-0.39, 0.29) is 35.9 Å². The van der Waals surface area contributed by atoms with Crippen LogP contribution in [-0.4, -0.2) is 21.9 Å². The molecule has 0 aliphatic rings. The SMILES string of the molecule is CCOc1cc(Cn2c(=O)/c(=C\c3csc4c(Br)cccc34)s/c2=C/C(=O)C(C)(C)C)ccc1[N+](=O)[O-]. The van der Waals surface area contributed by atoms with E-state index in [9.17, 15) is 19.7 Å². The molecule has 10 heteroatoms. The van der Waals surface area contributed by atoms with Crippen LogP contribution < -0.4 is 19.5 Å². The molecule has 192 valence electrons. The van der Waals surface area contributed by atoms with E-state index in [0.717, 1.165) is 20.1 Å². The first-order valence-electron chi connectivity index (χ1n) is 11.5. The summed E-state index contributed by atoms with van der Waals surface area (Å²) in [4.78, 5) is 37.4. The monoisotopic (exact) mass is 600 g/mol. The maximum absolute atomic E-state index is 13.6. The van der Waals surface area contributed by atoms with Crippen molar-refractivity contribution in [1.29, 1.82) is 0 Å². The minimum Gasteiger partial charge on any atom is -0.487 e. The van der Waals surface area contributed by atoms with Gasteiger partial charge in [0.2, 0.25) is 0 Å². The van der Waals surface area contributed by atoms with Crippen molar-refractivity contribution in [1.82, 2.24) is 4.57 Å². The Balaban J connectivity index is 1.89. The van der Waals surface area contributed by atoms with Crippen molar-refractivity contribution in [2.75, 3.05) is 6.61 Å². The van der Waals surface area contributed by atoms with Crippen LogP contribution in [0.3, 0.4) is 0 Å². The summed E-state index contributed by atoms with van der Waals surface area (Å²) in [5.41, 5.74) is 0.601. The van der Waals surface area contributed by atoms with Crippen LogP contribution in [0.4, 0.5) is 5.69 Å². The Labute approximate surface area is 229 Å². The molecule has 0 fully saturated rings. The quantitative estimate of drug-likeness (QED) is 0.207. The first-order valence-corrected chi connectivity index (χ1v) is 14.0. The predicted octanol–water partition coefficient (Wildman–Crippen LogP) is 5.47. The van der Waals surface area contributed by atoms with Crippen LogP contribution in [0.25, 0.3) is 22.2 Å². The Hall–Kier alpha value is -3.08. The highest BCUT2D eigenvalue weighted by atomic mass is 79.9. The summed E-state index contributed by atoms with van der Waals surface area (Å²) in [5, 5.41) is 14.4. The van der Waals surface area contributed by atoms with E-state index < -0.39 is 10.3 Å². The number of benzene rings is 2. The van der Waals surface area contributed by atoms with Crippen LogP contribution in [0.15, 0.2) is 51.0 Å². The fraction of sp³-hybridized carbons (Fsp3) is 0.259. The van der Waals surface area contributed by atoms with Crippen molar-refractivity contribution in [3.63, 3.8) is 0 Å². The highest BCUT2D eigenvalue weighted by Gasteiger charge is 2.20. The maximum atomic E-state index is 13.6. The fourth-order valence-corrected chi connectivity index (χ4v) is 6.29. The van der Waals surface area contributed by atoms with E-state index >= 15 is 0 Å². The van der Waals surface area contributed by atoms with Gasteiger partial charge in [-0.25, -0.2) is 0 Å². The van der Waals surface area contributed by atoms with Crippen molar-refractivity contribution >= 4 is 72.3 Å². The van der Waals surface area contributed by atoms with Crippen LogP contribution in [-0.2, 0) is 11.3 Å². The van der Waals surface area contributed by atoms with E-state index in [1.165, 1.54) is 23.5 Å². The molecule has 0 radical (unpaired) electrons. The molecule has 2 aromatic carbocycles. The number of nitro benzene ring substituents is 1. The zero-order valence-corrected chi connectivity index (χ0v) is 24.0. The Morgan fingerprint density at radius 1 is 1.24 bits per heavy atom. The van der Waals surface area contributed by atoms with Crippen molar-refractivity contribution in [3.8, 4) is 5.75 Å². The second kappa shape index (κ2) is 10.7. The smallest absolute Gasteiger partial charge is 0.310 e. The number of hydrogen-bond acceptors (Lipinski definition) is 7. The molecule has 2 heterocycles. The minimum absolute atomic E-state index is 0.0994. The number of nitro groups is 1. The minimum atomic E-state index is -0.611. The lowest BCUT2D eigenvalue weighted by Gasteiger charge is -2.13. The third kappa shape index (κ3) is 5.76. The third-order valence-electron chi connectivity index (χ3n) is 5.66. The van der Waals surface area contributed by atoms with Gasteiger partial charge in [0.1, 0.15) is 4.66 Å². The van der Waals surface area contributed by atoms with Crippen LogP contribution in [0, 0.1) is 15.5 Å². The molecular formula is C27H25BrN2O5S2. The number of Topliss-reactive ketones (excluding diaryl/α,β-unsaturated/α-hetero) is 1. The lowest BCUT2D eigenvalue weighted by molar-refractivity contribution is -0.385. The zero-order valence-electron chi connectivity index (χ0n) is 20.7. The van der Waals surface area contributed by atoms with Crippen LogP contribution in [0.2, 0.25) is 0 Å². The molecular weight excluding hydrogens is 576 g/mol. The standard InChI is InChI=1S/C27H25BrN2O5S2/c1-5-35-21-11-16(9-10-20(21)30(33)34)14-29-24(13-23(31)27(2,3)4)37-22(26(29)32)12-17-15-36-25-18(17)7-6-8-19(25)28/h6-13,15H,5,14H2,1-4H3/b22-12+,24-13+. The number of fused-ring (bicyclic) bond motifs is 1. The van der Waals surface area contributed by atoms with E-state index in [4.69, 9.17) is 4.74 Å². The summed E-state index contributed by atoms with van der Waals surface area (Å²) in [5.74, 6) is 0.0457. The van der Waals surface area contributed by atoms with Crippen LogP contribution >= 0.6 is 38.6 Å². The van der Waals surface area contributed by atoms with Gasteiger partial charge in [-0.05, 0) is 57.6 Å². The maximum Gasteiger partial charge on any atom is 0.310 e. The molecule has 0 N–H and O–H groups in total. The van der Waals surface area contributed by atoms with Gasteiger partial charge in [-0.15, -0.1) is 22.7 Å². The third-order valence-corrected chi connectivity index (χ3v) is 8.69. The Morgan fingerprint density at radius 3 is 2.68 bits per heavy atom. The normalized spacial score (nSPS) is 12.9. The van der Waals surface area contributed by atoms with Gasteiger partial charge in [0.25, 0.3) is 5.56 Å². The number of aromatic nitrogens is 1. The average molecular weight is 602 g/mol. The largest absolute Gasteiger partial charge is 0.487 e. The molecule has 4 rings (SSSR count). The molecule has 0 saturated carbocycles. The molecule has 0 aliphatic heterocycles. The van der Waals surface area contributed by atoms with Gasteiger partial charge in [0, 0.05) is 32.1 Å². The number of hydrogen-bond donors (Lipinski definition) is 0. The molecule has 37 heavy (non-hydrogen) atoms. The van der Waals surface area contributed by atoms with Gasteiger partial charge in [0.05, 0.1) is 22.6 Å². The number of thiophene rings is 1. The molecule has 0 atom stereocenters. The molecule has 2 aromatic heterocycles. The molecule has 0 saturated heterocycles. The Morgan fingerprint density at radius 2 is 2.00 bits per heavy atom. The molecule has 0 aliphatic carbocycles. The van der Waals surface area contributed by atoms with Crippen LogP contribution in [0.5, 0.6) is 5.75 Å². The molecule has 4 aromatic rings. The summed E-state index contributed by atoms with van der Waals surface area (Å²) in [6.45, 7) is 7.64.